The van der Waals surface area contributed by atoms with Crippen LogP contribution in [-0.2, 0) is 4.79 Å². The minimum absolute atomic E-state index is 0.484. The third-order valence-electron chi connectivity index (χ3n) is 1.55. The lowest BCUT2D eigenvalue weighted by Gasteiger charge is -2.01. The van der Waals surface area contributed by atoms with Gasteiger partial charge in [0.1, 0.15) is 5.38 Å². The summed E-state index contributed by atoms with van der Waals surface area (Å²) in [5, 5.41) is 7.99. The zero-order valence-electron chi connectivity index (χ0n) is 7.68. The lowest BCUT2D eigenvalue weighted by Crippen LogP contribution is -1.96. The van der Waals surface area contributed by atoms with E-state index in [0.717, 1.165) is 4.90 Å². The summed E-state index contributed by atoms with van der Waals surface area (Å²) in [6, 6.07) is 9.01. The van der Waals surface area contributed by atoms with Gasteiger partial charge in [0.15, 0.2) is 0 Å². The summed E-state index contributed by atoms with van der Waals surface area (Å²) in [4.78, 5) is 14.4. The third-order valence-corrected chi connectivity index (χ3v) is 3.09. The summed E-state index contributed by atoms with van der Waals surface area (Å²) in [6.07, 6.45) is 1.47. The van der Waals surface area contributed by atoms with Crippen LogP contribution in [0.25, 0.3) is 0 Å². The Balaban J connectivity index is 2.57. The van der Waals surface area contributed by atoms with Gasteiger partial charge in [-0.05, 0) is 24.3 Å². The molecule has 0 heterocycles. The molecule has 0 aliphatic heterocycles. The molecule has 0 aliphatic carbocycles. The average Bonchev–Trinajstić information content (AvgIpc) is 2.28. The van der Waals surface area contributed by atoms with Gasteiger partial charge in [0.2, 0.25) is 6.08 Å². The maximum atomic E-state index is 9.96. The number of nitrogens with zero attached hydrogens (tertiary/aromatic N) is 2. The van der Waals surface area contributed by atoms with E-state index in [0.29, 0.717) is 11.4 Å². The molecule has 1 rings (SSSR count). The van der Waals surface area contributed by atoms with Crippen LogP contribution >= 0.6 is 23.4 Å². The van der Waals surface area contributed by atoms with Crippen LogP contribution in [0.1, 0.15) is 0 Å². The Morgan fingerprint density at radius 3 is 2.67 bits per heavy atom. The monoisotopic (exact) mass is 238 g/mol. The fourth-order valence-electron chi connectivity index (χ4n) is 0.876. The summed E-state index contributed by atoms with van der Waals surface area (Å²) in [6.45, 7) is 0. The van der Waals surface area contributed by atoms with Crippen molar-refractivity contribution in [2.45, 2.75) is 10.3 Å². The van der Waals surface area contributed by atoms with E-state index >= 15 is 0 Å². The van der Waals surface area contributed by atoms with E-state index in [-0.39, 0.29) is 0 Å². The predicted molar refractivity (Wildman–Crippen MR) is 60.2 cm³/mol. The van der Waals surface area contributed by atoms with Crippen molar-refractivity contribution in [3.05, 3.63) is 24.3 Å². The zero-order chi connectivity index (χ0) is 11.1. The predicted octanol–water partition coefficient (Wildman–Crippen LogP) is 2.88. The van der Waals surface area contributed by atoms with Crippen LogP contribution in [-0.4, -0.2) is 17.2 Å². The molecular formula is C10H7ClN2OS. The number of hydrogen-bond acceptors (Lipinski definition) is 4. The second-order valence-corrected chi connectivity index (χ2v) is 4.22. The smallest absolute Gasteiger partial charge is 0.211 e. The van der Waals surface area contributed by atoms with Gasteiger partial charge in [0.25, 0.3) is 0 Å². The van der Waals surface area contributed by atoms with Crippen LogP contribution < -0.4 is 0 Å². The maximum Gasteiger partial charge on any atom is 0.240 e. The molecule has 1 unspecified atom stereocenters. The highest BCUT2D eigenvalue weighted by Gasteiger charge is 2.02. The van der Waals surface area contributed by atoms with E-state index in [1.807, 2.05) is 18.2 Å². The lowest BCUT2D eigenvalue weighted by atomic mass is 10.3. The molecule has 0 aliphatic rings. The minimum atomic E-state index is -0.484. The molecule has 0 amide bonds. The summed E-state index contributed by atoms with van der Waals surface area (Å²) in [5.41, 5.74) is 0.567. The first-order valence-corrected chi connectivity index (χ1v) is 5.53. The molecule has 1 atom stereocenters. The van der Waals surface area contributed by atoms with Crippen LogP contribution in [0.5, 0.6) is 0 Å². The maximum absolute atomic E-state index is 9.96. The second kappa shape index (κ2) is 6.26. The Morgan fingerprint density at radius 1 is 1.47 bits per heavy atom. The Bertz CT molecular complexity index is 406. The molecule has 0 spiro atoms. The van der Waals surface area contributed by atoms with Gasteiger partial charge in [-0.1, -0.05) is 0 Å². The summed E-state index contributed by atoms with van der Waals surface area (Å²) < 4.78 is 0. The van der Waals surface area contributed by atoms with Crippen LogP contribution in [0.3, 0.4) is 0 Å². The summed E-state index contributed by atoms with van der Waals surface area (Å²) >= 11 is 7.13. The lowest BCUT2D eigenvalue weighted by molar-refractivity contribution is 0.565. The van der Waals surface area contributed by atoms with Crippen LogP contribution in [0.15, 0.2) is 34.2 Å². The molecule has 1 aromatic carbocycles. The normalized spacial score (nSPS) is 11.2. The molecular weight excluding hydrogens is 232 g/mol. The number of nitriles is 1. The van der Waals surface area contributed by atoms with Gasteiger partial charge in [-0.3, -0.25) is 0 Å². The van der Waals surface area contributed by atoms with Gasteiger partial charge in [-0.15, -0.1) is 23.4 Å². The Hall–Kier alpha value is -1.27. The first-order valence-electron chi connectivity index (χ1n) is 4.10. The molecule has 1 aromatic rings. The number of halogens is 1. The molecule has 3 nitrogen and oxygen atoms in total. The molecule has 0 saturated heterocycles. The number of rotatable bonds is 4. The van der Waals surface area contributed by atoms with Crippen molar-refractivity contribution in [3.63, 3.8) is 0 Å². The second-order valence-electron chi connectivity index (χ2n) is 2.60. The van der Waals surface area contributed by atoms with Crippen molar-refractivity contribution >= 4 is 35.1 Å². The quantitative estimate of drug-likeness (QED) is 0.351. The van der Waals surface area contributed by atoms with Crippen molar-refractivity contribution in [2.24, 2.45) is 4.99 Å². The number of isocyanates is 1. The fraction of sp³-hybridized carbons (Fsp3) is 0.200. The van der Waals surface area contributed by atoms with E-state index in [2.05, 4.69) is 4.99 Å². The van der Waals surface area contributed by atoms with Crippen molar-refractivity contribution < 1.29 is 4.79 Å². The largest absolute Gasteiger partial charge is 0.240 e. The molecule has 15 heavy (non-hydrogen) atoms. The standard InChI is InChI=1S/C10H7ClN2OS/c11-8(5-12)6-15-10-3-1-9(2-4-10)13-7-14/h1-4,8H,6H2. The van der Waals surface area contributed by atoms with E-state index in [4.69, 9.17) is 16.9 Å². The highest BCUT2D eigenvalue weighted by Crippen LogP contribution is 2.22. The number of carbonyl (C=O) groups excluding carboxylic acids is 1. The Morgan fingerprint density at radius 2 is 2.13 bits per heavy atom. The van der Waals surface area contributed by atoms with E-state index in [9.17, 15) is 4.79 Å². The first kappa shape index (κ1) is 11.8. The number of alkyl halides is 1. The van der Waals surface area contributed by atoms with Crippen molar-refractivity contribution in [1.82, 2.24) is 0 Å². The number of thioether (sulfide) groups is 1. The van der Waals surface area contributed by atoms with Gasteiger partial charge in [0.05, 0.1) is 11.8 Å². The molecule has 0 fully saturated rings. The molecule has 0 bridgehead atoms. The molecule has 0 saturated carbocycles. The van der Waals surface area contributed by atoms with Crippen molar-refractivity contribution in [3.8, 4) is 6.07 Å². The Labute approximate surface area is 96.8 Å². The van der Waals surface area contributed by atoms with E-state index < -0.39 is 5.38 Å². The first-order chi connectivity index (χ1) is 7.26. The molecule has 0 radical (unpaired) electrons. The van der Waals surface area contributed by atoms with Crippen LogP contribution in [0.4, 0.5) is 5.69 Å². The number of aliphatic imine (C=N–C) groups is 1. The van der Waals surface area contributed by atoms with Crippen LogP contribution in [0.2, 0.25) is 0 Å². The molecule has 0 aromatic heterocycles. The molecule has 0 N–H and O–H groups in total. The molecule has 5 heteroatoms. The molecule has 76 valence electrons. The van der Waals surface area contributed by atoms with Crippen molar-refractivity contribution in [2.75, 3.05) is 5.75 Å². The van der Waals surface area contributed by atoms with Gasteiger partial charge < -0.3 is 0 Å². The number of hydrogen-bond donors (Lipinski definition) is 0. The zero-order valence-corrected chi connectivity index (χ0v) is 9.26. The summed E-state index contributed by atoms with van der Waals surface area (Å²) in [7, 11) is 0. The van der Waals surface area contributed by atoms with E-state index in [1.165, 1.54) is 17.8 Å². The SMILES string of the molecule is N#CC(Cl)CSc1ccc(N=C=O)cc1. The van der Waals surface area contributed by atoms with Gasteiger partial charge >= 0.3 is 0 Å². The van der Waals surface area contributed by atoms with Gasteiger partial charge in [-0.2, -0.15) is 10.3 Å². The fourth-order valence-corrected chi connectivity index (χ4v) is 1.81. The highest BCUT2D eigenvalue weighted by atomic mass is 35.5. The topological polar surface area (TPSA) is 53.2 Å². The average molecular weight is 239 g/mol. The van der Waals surface area contributed by atoms with Gasteiger partial charge in [0, 0.05) is 10.6 Å². The Kier molecular flexibility index (Phi) is 4.92. The highest BCUT2D eigenvalue weighted by molar-refractivity contribution is 7.99. The minimum Gasteiger partial charge on any atom is -0.211 e. The summed E-state index contributed by atoms with van der Waals surface area (Å²) in [5.74, 6) is 0.536. The van der Waals surface area contributed by atoms with Crippen LogP contribution in [0, 0.1) is 11.3 Å². The van der Waals surface area contributed by atoms with Gasteiger partial charge in [-0.25, -0.2) is 4.79 Å². The van der Waals surface area contributed by atoms with E-state index in [1.54, 1.807) is 12.1 Å². The number of benzene rings is 1. The third kappa shape index (κ3) is 4.18. The van der Waals surface area contributed by atoms with Crippen molar-refractivity contribution in [1.29, 1.82) is 5.26 Å².